The van der Waals surface area contributed by atoms with Crippen molar-refractivity contribution in [1.29, 1.82) is 0 Å². The molecule has 1 saturated carbocycles. The zero-order chi connectivity index (χ0) is 15.2. The third-order valence-corrected chi connectivity index (χ3v) is 4.23. The summed E-state index contributed by atoms with van der Waals surface area (Å²) in [6, 6.07) is 0. The van der Waals surface area contributed by atoms with Crippen molar-refractivity contribution < 1.29 is 9.59 Å². The summed E-state index contributed by atoms with van der Waals surface area (Å²) in [5.41, 5.74) is 0.920. The van der Waals surface area contributed by atoms with Crippen LogP contribution in [0.15, 0.2) is 5.38 Å². The average molecular weight is 310 g/mol. The predicted octanol–water partition coefficient (Wildman–Crippen LogP) is 1.13. The minimum absolute atomic E-state index is 0.00847. The number of amides is 2. The third-order valence-electron chi connectivity index (χ3n) is 3.32. The normalized spacial score (nSPS) is 14.0. The Morgan fingerprint density at radius 1 is 1.43 bits per heavy atom. The number of nitrogens with one attached hydrogen (secondary N) is 2. The van der Waals surface area contributed by atoms with Gasteiger partial charge < -0.3 is 10.6 Å². The highest BCUT2D eigenvalue weighted by Gasteiger charge is 2.28. The maximum Gasteiger partial charge on any atom is 0.225 e. The fourth-order valence-electron chi connectivity index (χ4n) is 1.97. The molecule has 1 aromatic heterocycles. The highest BCUT2D eigenvalue weighted by atomic mass is 32.1. The highest BCUT2D eigenvalue weighted by molar-refractivity contribution is 7.14. The largest absolute Gasteiger partial charge is 0.355 e. The number of anilines is 1. The van der Waals surface area contributed by atoms with Gasteiger partial charge in [-0.3, -0.25) is 14.5 Å². The van der Waals surface area contributed by atoms with Crippen LogP contribution in [-0.4, -0.2) is 36.4 Å². The SMILES string of the molecule is CCN(C(C)=O)c1nc(CNCCNC(=O)C2CC2)cs1. The van der Waals surface area contributed by atoms with Crippen LogP contribution in [0.2, 0.25) is 0 Å². The Morgan fingerprint density at radius 3 is 2.81 bits per heavy atom. The van der Waals surface area contributed by atoms with Gasteiger partial charge in [-0.1, -0.05) is 0 Å². The molecule has 0 aliphatic heterocycles. The summed E-state index contributed by atoms with van der Waals surface area (Å²) in [5.74, 6) is 0.444. The summed E-state index contributed by atoms with van der Waals surface area (Å²) in [6.07, 6.45) is 2.07. The molecule has 0 unspecified atom stereocenters. The maximum atomic E-state index is 11.4. The van der Waals surface area contributed by atoms with Crippen LogP contribution < -0.4 is 15.5 Å². The topological polar surface area (TPSA) is 74.3 Å². The Bertz CT molecular complexity index is 499. The molecular formula is C14H22N4O2S. The molecule has 7 heteroatoms. The van der Waals surface area contributed by atoms with E-state index in [-0.39, 0.29) is 17.7 Å². The second-order valence-corrected chi connectivity index (χ2v) is 5.96. The van der Waals surface area contributed by atoms with E-state index in [4.69, 9.17) is 0 Å². The van der Waals surface area contributed by atoms with E-state index in [0.29, 0.717) is 19.6 Å². The molecule has 0 spiro atoms. The van der Waals surface area contributed by atoms with E-state index in [1.807, 2.05) is 12.3 Å². The molecule has 1 aliphatic carbocycles. The van der Waals surface area contributed by atoms with Crippen LogP contribution in [0.4, 0.5) is 5.13 Å². The zero-order valence-electron chi connectivity index (χ0n) is 12.5. The van der Waals surface area contributed by atoms with Crippen molar-refractivity contribution in [2.75, 3.05) is 24.5 Å². The van der Waals surface area contributed by atoms with Gasteiger partial charge in [0.25, 0.3) is 0 Å². The minimum Gasteiger partial charge on any atom is -0.355 e. The summed E-state index contributed by atoms with van der Waals surface area (Å²) in [4.78, 5) is 29.0. The fraction of sp³-hybridized carbons (Fsp3) is 0.643. The maximum absolute atomic E-state index is 11.4. The molecule has 2 rings (SSSR count). The lowest BCUT2D eigenvalue weighted by Gasteiger charge is -2.14. The highest BCUT2D eigenvalue weighted by Crippen LogP contribution is 2.28. The van der Waals surface area contributed by atoms with Crippen molar-refractivity contribution in [2.45, 2.75) is 33.2 Å². The summed E-state index contributed by atoms with van der Waals surface area (Å²) in [6.45, 7) is 6.11. The van der Waals surface area contributed by atoms with Crippen LogP contribution >= 0.6 is 11.3 Å². The molecular weight excluding hydrogens is 288 g/mol. The van der Waals surface area contributed by atoms with Crippen LogP contribution in [0.1, 0.15) is 32.4 Å². The standard InChI is InChI=1S/C14H22N4O2S/c1-3-18(10(2)19)14-17-12(9-21-14)8-15-6-7-16-13(20)11-4-5-11/h9,11,15H,3-8H2,1-2H3,(H,16,20). The molecule has 0 saturated heterocycles. The number of carbonyl (C=O) groups excluding carboxylic acids is 2. The molecule has 0 aromatic carbocycles. The van der Waals surface area contributed by atoms with Crippen molar-refractivity contribution in [2.24, 2.45) is 5.92 Å². The minimum atomic E-state index is 0.00847. The quantitative estimate of drug-likeness (QED) is 0.706. The number of carbonyl (C=O) groups is 2. The molecule has 116 valence electrons. The third kappa shape index (κ3) is 4.78. The smallest absolute Gasteiger partial charge is 0.225 e. The number of hydrogen-bond donors (Lipinski definition) is 2. The van der Waals surface area contributed by atoms with Gasteiger partial charge in [-0.15, -0.1) is 11.3 Å². The van der Waals surface area contributed by atoms with Gasteiger partial charge in [0.15, 0.2) is 5.13 Å². The lowest BCUT2D eigenvalue weighted by molar-refractivity contribution is -0.122. The molecule has 0 radical (unpaired) electrons. The first-order chi connectivity index (χ1) is 10.1. The van der Waals surface area contributed by atoms with E-state index in [2.05, 4.69) is 15.6 Å². The summed E-state index contributed by atoms with van der Waals surface area (Å²) >= 11 is 1.48. The molecule has 1 fully saturated rings. The second kappa shape index (κ2) is 7.51. The number of thiazole rings is 1. The Hall–Kier alpha value is -1.47. The number of hydrogen-bond acceptors (Lipinski definition) is 5. The number of nitrogens with zero attached hydrogens (tertiary/aromatic N) is 2. The Kier molecular flexibility index (Phi) is 5.69. The van der Waals surface area contributed by atoms with E-state index >= 15 is 0 Å². The van der Waals surface area contributed by atoms with Gasteiger partial charge in [0.05, 0.1) is 5.69 Å². The van der Waals surface area contributed by atoms with E-state index in [1.165, 1.54) is 11.3 Å². The Morgan fingerprint density at radius 2 is 2.19 bits per heavy atom. The van der Waals surface area contributed by atoms with Crippen molar-refractivity contribution >= 4 is 28.3 Å². The van der Waals surface area contributed by atoms with E-state index in [9.17, 15) is 9.59 Å². The summed E-state index contributed by atoms with van der Waals surface area (Å²) < 4.78 is 0. The average Bonchev–Trinajstić information content (AvgIpc) is 3.20. The lowest BCUT2D eigenvalue weighted by Crippen LogP contribution is -2.32. The van der Waals surface area contributed by atoms with Gasteiger partial charge in [0, 0.05) is 44.4 Å². The monoisotopic (exact) mass is 310 g/mol. The van der Waals surface area contributed by atoms with Crippen LogP contribution in [0.3, 0.4) is 0 Å². The van der Waals surface area contributed by atoms with Gasteiger partial charge in [0.2, 0.25) is 11.8 Å². The first-order valence-corrected chi connectivity index (χ1v) is 8.20. The molecule has 0 bridgehead atoms. The van der Waals surface area contributed by atoms with Crippen LogP contribution in [0.25, 0.3) is 0 Å². The van der Waals surface area contributed by atoms with E-state index in [1.54, 1.807) is 11.8 Å². The van der Waals surface area contributed by atoms with Gasteiger partial charge in [-0.25, -0.2) is 4.98 Å². The molecule has 1 heterocycles. The zero-order valence-corrected chi connectivity index (χ0v) is 13.3. The Balaban J connectivity index is 1.67. The number of rotatable bonds is 8. The van der Waals surface area contributed by atoms with Crippen LogP contribution in [0.5, 0.6) is 0 Å². The first kappa shape index (κ1) is 15.9. The van der Waals surface area contributed by atoms with Crippen molar-refractivity contribution in [3.63, 3.8) is 0 Å². The van der Waals surface area contributed by atoms with Crippen LogP contribution in [-0.2, 0) is 16.1 Å². The van der Waals surface area contributed by atoms with Crippen molar-refractivity contribution in [3.8, 4) is 0 Å². The molecule has 21 heavy (non-hydrogen) atoms. The van der Waals surface area contributed by atoms with Gasteiger partial charge >= 0.3 is 0 Å². The van der Waals surface area contributed by atoms with Crippen molar-refractivity contribution in [3.05, 3.63) is 11.1 Å². The fourth-order valence-corrected chi connectivity index (χ4v) is 2.91. The summed E-state index contributed by atoms with van der Waals surface area (Å²) in [7, 11) is 0. The van der Waals surface area contributed by atoms with E-state index in [0.717, 1.165) is 30.2 Å². The lowest BCUT2D eigenvalue weighted by atomic mass is 10.4. The number of aromatic nitrogens is 1. The van der Waals surface area contributed by atoms with Crippen molar-refractivity contribution in [1.82, 2.24) is 15.6 Å². The van der Waals surface area contributed by atoms with E-state index < -0.39 is 0 Å². The van der Waals surface area contributed by atoms with Gasteiger partial charge in [0.1, 0.15) is 0 Å². The van der Waals surface area contributed by atoms with Gasteiger partial charge in [-0.05, 0) is 19.8 Å². The second-order valence-electron chi connectivity index (χ2n) is 5.13. The van der Waals surface area contributed by atoms with Gasteiger partial charge in [-0.2, -0.15) is 0 Å². The first-order valence-electron chi connectivity index (χ1n) is 7.32. The molecule has 0 atom stereocenters. The van der Waals surface area contributed by atoms with Crippen LogP contribution in [0, 0.1) is 5.92 Å². The molecule has 6 nitrogen and oxygen atoms in total. The molecule has 1 aromatic rings. The predicted molar refractivity (Wildman–Crippen MR) is 83.3 cm³/mol. The Labute approximate surface area is 128 Å². The molecule has 2 N–H and O–H groups in total. The molecule has 2 amide bonds. The summed E-state index contributed by atoms with van der Waals surface area (Å²) in [5, 5.41) is 8.84. The molecule has 1 aliphatic rings.